The van der Waals surface area contributed by atoms with Crippen LogP contribution in [0.25, 0.3) is 0 Å². The molecule has 146 valence electrons. The van der Waals surface area contributed by atoms with Crippen LogP contribution in [0.15, 0.2) is 47.6 Å². The van der Waals surface area contributed by atoms with E-state index in [1.807, 2.05) is 18.2 Å². The maximum atomic E-state index is 12.9. The van der Waals surface area contributed by atoms with Gasteiger partial charge < -0.3 is 4.74 Å². The van der Waals surface area contributed by atoms with Gasteiger partial charge in [0.25, 0.3) is 0 Å². The van der Waals surface area contributed by atoms with E-state index in [9.17, 15) is 4.39 Å². The molecule has 2 aromatic rings. The van der Waals surface area contributed by atoms with Crippen LogP contribution in [0.1, 0.15) is 57.4 Å². The molecule has 0 aliphatic heterocycles. The molecule has 0 spiro atoms. The van der Waals surface area contributed by atoms with E-state index in [1.165, 1.54) is 50.7 Å². The molecule has 0 aromatic heterocycles. The van der Waals surface area contributed by atoms with Crippen molar-refractivity contribution < 1.29 is 9.13 Å². The summed E-state index contributed by atoms with van der Waals surface area (Å²) in [5, 5.41) is 4.71. The van der Waals surface area contributed by atoms with Crippen molar-refractivity contribution in [2.45, 2.75) is 51.9 Å². The summed E-state index contributed by atoms with van der Waals surface area (Å²) in [6.45, 7) is 2.95. The minimum absolute atomic E-state index is 0.278. The molecule has 0 radical (unpaired) electrons. The first-order chi connectivity index (χ1) is 13.2. The predicted molar refractivity (Wildman–Crippen MR) is 113 cm³/mol. The molecule has 2 rings (SSSR count). The molecule has 0 heterocycles. The average molecular weight is 391 g/mol. The molecule has 0 aliphatic carbocycles. The molecule has 0 atom stereocenters. The number of nitrogens with one attached hydrogen (secondary N) is 1. The van der Waals surface area contributed by atoms with Crippen molar-refractivity contribution in [1.29, 1.82) is 0 Å². The number of ether oxygens (including phenoxy) is 1. The first kappa shape index (κ1) is 21.2. The molecule has 0 saturated carbocycles. The summed E-state index contributed by atoms with van der Waals surface area (Å²) in [6, 6.07) is 11.6. The molecule has 0 bridgehead atoms. The zero-order valence-corrected chi connectivity index (χ0v) is 16.6. The second kappa shape index (κ2) is 12.3. The monoisotopic (exact) mass is 390 g/mol. The van der Waals surface area contributed by atoms with E-state index in [2.05, 4.69) is 17.5 Å². The normalized spacial score (nSPS) is 11.1. The molecule has 0 aliphatic rings. The van der Waals surface area contributed by atoms with E-state index in [1.54, 1.807) is 18.3 Å². The fraction of sp³-hybridized carbons (Fsp3) is 0.409. The van der Waals surface area contributed by atoms with Gasteiger partial charge in [-0.25, -0.2) is 4.39 Å². The van der Waals surface area contributed by atoms with Crippen LogP contribution in [0.4, 0.5) is 10.1 Å². The standard InChI is InChI=1S/C22H28ClFN2O/c1-2-3-4-5-6-7-8-15-27-21-14-9-18(22(23)16-21)17-25-26-20-12-10-19(24)11-13-20/h9-14,16-17,26H,2-8,15H2,1H3/b25-17+. The van der Waals surface area contributed by atoms with Crippen molar-refractivity contribution in [2.75, 3.05) is 12.0 Å². The zero-order chi connectivity index (χ0) is 19.3. The van der Waals surface area contributed by atoms with Crippen LogP contribution in [-0.4, -0.2) is 12.8 Å². The Hall–Kier alpha value is -2.07. The van der Waals surface area contributed by atoms with Crippen LogP contribution in [0.5, 0.6) is 5.75 Å². The van der Waals surface area contributed by atoms with Gasteiger partial charge in [0.2, 0.25) is 0 Å². The number of hydrazone groups is 1. The lowest BCUT2D eigenvalue weighted by Crippen LogP contribution is -1.98. The highest BCUT2D eigenvalue weighted by Crippen LogP contribution is 2.22. The molecule has 0 amide bonds. The van der Waals surface area contributed by atoms with Crippen LogP contribution in [0.2, 0.25) is 5.02 Å². The minimum atomic E-state index is -0.278. The summed E-state index contributed by atoms with van der Waals surface area (Å²) >= 11 is 6.29. The van der Waals surface area contributed by atoms with Crippen LogP contribution in [-0.2, 0) is 0 Å². The molecule has 0 fully saturated rings. The van der Waals surface area contributed by atoms with E-state index >= 15 is 0 Å². The van der Waals surface area contributed by atoms with E-state index in [0.29, 0.717) is 17.3 Å². The first-order valence-corrected chi connectivity index (χ1v) is 10.0. The molecule has 2 aromatic carbocycles. The number of rotatable bonds is 12. The van der Waals surface area contributed by atoms with E-state index in [4.69, 9.17) is 16.3 Å². The number of unbranched alkanes of at least 4 members (excludes halogenated alkanes) is 6. The molecule has 27 heavy (non-hydrogen) atoms. The third kappa shape index (κ3) is 8.44. The van der Waals surface area contributed by atoms with Gasteiger partial charge in [-0.05, 0) is 48.9 Å². The Balaban J connectivity index is 1.71. The summed E-state index contributed by atoms with van der Waals surface area (Å²) < 4.78 is 18.6. The summed E-state index contributed by atoms with van der Waals surface area (Å²) in [6.07, 6.45) is 10.5. The second-order valence-corrected chi connectivity index (χ2v) is 6.94. The number of halogens is 2. The van der Waals surface area contributed by atoms with Gasteiger partial charge in [0.15, 0.2) is 0 Å². The maximum absolute atomic E-state index is 12.9. The smallest absolute Gasteiger partial charge is 0.123 e. The van der Waals surface area contributed by atoms with E-state index in [0.717, 1.165) is 17.7 Å². The number of benzene rings is 2. The van der Waals surface area contributed by atoms with Gasteiger partial charge >= 0.3 is 0 Å². The van der Waals surface area contributed by atoms with Crippen molar-refractivity contribution in [2.24, 2.45) is 5.10 Å². The Morgan fingerprint density at radius 1 is 1.00 bits per heavy atom. The van der Waals surface area contributed by atoms with Crippen molar-refractivity contribution in [3.05, 3.63) is 58.9 Å². The Morgan fingerprint density at radius 3 is 2.41 bits per heavy atom. The Labute approximate surface area is 166 Å². The number of nitrogens with zero attached hydrogens (tertiary/aromatic N) is 1. The van der Waals surface area contributed by atoms with Crippen LogP contribution < -0.4 is 10.2 Å². The SMILES string of the molecule is CCCCCCCCCOc1ccc(/C=N/Nc2ccc(F)cc2)c(Cl)c1. The van der Waals surface area contributed by atoms with Gasteiger partial charge in [-0.3, -0.25) is 5.43 Å². The topological polar surface area (TPSA) is 33.6 Å². The van der Waals surface area contributed by atoms with E-state index in [-0.39, 0.29) is 5.82 Å². The van der Waals surface area contributed by atoms with Crippen LogP contribution in [0, 0.1) is 5.82 Å². The number of hydrogen-bond donors (Lipinski definition) is 1. The predicted octanol–water partition coefficient (Wildman–Crippen LogP) is 7.05. The quantitative estimate of drug-likeness (QED) is 0.239. The second-order valence-electron chi connectivity index (χ2n) is 6.53. The van der Waals surface area contributed by atoms with Gasteiger partial charge in [0, 0.05) is 5.56 Å². The summed E-state index contributed by atoms with van der Waals surface area (Å²) in [4.78, 5) is 0. The van der Waals surface area contributed by atoms with Crippen molar-refractivity contribution in [3.63, 3.8) is 0 Å². The fourth-order valence-corrected chi connectivity index (χ4v) is 2.87. The van der Waals surface area contributed by atoms with Crippen molar-refractivity contribution >= 4 is 23.5 Å². The van der Waals surface area contributed by atoms with Crippen molar-refractivity contribution in [3.8, 4) is 5.75 Å². The van der Waals surface area contributed by atoms with Gasteiger partial charge in [-0.1, -0.05) is 57.0 Å². The lowest BCUT2D eigenvalue weighted by atomic mass is 10.1. The molecule has 1 N–H and O–H groups in total. The summed E-state index contributed by atoms with van der Waals surface area (Å²) in [7, 11) is 0. The van der Waals surface area contributed by atoms with Crippen LogP contribution in [0.3, 0.4) is 0 Å². The summed E-state index contributed by atoms with van der Waals surface area (Å²) in [5.74, 6) is 0.495. The first-order valence-electron chi connectivity index (χ1n) is 9.66. The Bertz CT molecular complexity index is 704. The third-order valence-electron chi connectivity index (χ3n) is 4.23. The average Bonchev–Trinajstić information content (AvgIpc) is 2.67. The molecule has 0 saturated heterocycles. The largest absolute Gasteiger partial charge is 0.494 e. The molecule has 3 nitrogen and oxygen atoms in total. The highest BCUT2D eigenvalue weighted by atomic mass is 35.5. The molecule has 5 heteroatoms. The molecular formula is C22H28ClFN2O. The van der Waals surface area contributed by atoms with E-state index < -0.39 is 0 Å². The number of hydrogen-bond acceptors (Lipinski definition) is 3. The van der Waals surface area contributed by atoms with Crippen LogP contribution >= 0.6 is 11.6 Å². The Morgan fingerprint density at radius 2 is 1.70 bits per heavy atom. The van der Waals surface area contributed by atoms with Gasteiger partial charge in [-0.2, -0.15) is 5.10 Å². The maximum Gasteiger partial charge on any atom is 0.123 e. The van der Waals surface area contributed by atoms with Crippen molar-refractivity contribution in [1.82, 2.24) is 0 Å². The van der Waals surface area contributed by atoms with Gasteiger partial charge in [-0.15, -0.1) is 0 Å². The fourth-order valence-electron chi connectivity index (χ4n) is 2.65. The van der Waals surface area contributed by atoms with Gasteiger partial charge in [0.05, 0.1) is 23.5 Å². The lowest BCUT2D eigenvalue weighted by Gasteiger charge is -2.08. The molecule has 0 unspecified atom stereocenters. The molecular weight excluding hydrogens is 363 g/mol. The zero-order valence-electron chi connectivity index (χ0n) is 15.9. The Kier molecular flexibility index (Phi) is 9.70. The highest BCUT2D eigenvalue weighted by Gasteiger charge is 2.01. The summed E-state index contributed by atoms with van der Waals surface area (Å²) in [5.41, 5.74) is 4.34. The minimum Gasteiger partial charge on any atom is -0.494 e. The number of anilines is 1. The third-order valence-corrected chi connectivity index (χ3v) is 4.56. The highest BCUT2D eigenvalue weighted by molar-refractivity contribution is 6.33. The lowest BCUT2D eigenvalue weighted by molar-refractivity contribution is 0.304. The van der Waals surface area contributed by atoms with Gasteiger partial charge in [0.1, 0.15) is 11.6 Å².